The molecule has 1 aliphatic heterocycles. The van der Waals surface area contributed by atoms with E-state index in [9.17, 15) is 14.4 Å². The number of anilines is 1. The normalized spacial score (nSPS) is 20.9. The van der Waals surface area contributed by atoms with E-state index in [0.29, 0.717) is 29.8 Å². The lowest BCUT2D eigenvalue weighted by atomic mass is 9.70. The Morgan fingerprint density at radius 1 is 1.15 bits per heavy atom. The van der Waals surface area contributed by atoms with Gasteiger partial charge in [-0.1, -0.05) is 13.8 Å². The Hall–Kier alpha value is -2.41. The van der Waals surface area contributed by atoms with Crippen LogP contribution in [0.25, 0.3) is 0 Å². The molecule has 3 heterocycles. The molecule has 7 heteroatoms. The fraction of sp³-hybridized carbons (Fsp3) is 0.450. The zero-order valence-electron chi connectivity index (χ0n) is 16.2. The van der Waals surface area contributed by atoms with Crippen LogP contribution in [0.4, 0.5) is 5.82 Å². The zero-order chi connectivity index (χ0) is 19.7. The van der Waals surface area contributed by atoms with Crippen LogP contribution in [0.2, 0.25) is 0 Å². The smallest absolute Gasteiger partial charge is 0.332 e. The highest BCUT2D eigenvalue weighted by atomic mass is 32.1. The number of hydrogen-bond donors (Lipinski definition) is 1. The van der Waals surface area contributed by atoms with Gasteiger partial charge in [-0.25, -0.2) is 4.79 Å². The highest BCUT2D eigenvalue weighted by Crippen LogP contribution is 2.49. The van der Waals surface area contributed by atoms with Gasteiger partial charge in [0.25, 0.3) is 5.56 Å². The minimum atomic E-state index is -0.426. The predicted octanol–water partition coefficient (Wildman–Crippen LogP) is 2.65. The number of thiophene rings is 1. The molecular weight excluding hydrogens is 362 g/mol. The van der Waals surface area contributed by atoms with Crippen LogP contribution in [-0.2, 0) is 18.9 Å². The summed E-state index contributed by atoms with van der Waals surface area (Å²) in [6, 6.07) is 2.01. The molecule has 0 aromatic carbocycles. The number of aryl methyl sites for hydroxylation is 1. The van der Waals surface area contributed by atoms with E-state index in [-0.39, 0.29) is 22.4 Å². The summed E-state index contributed by atoms with van der Waals surface area (Å²) in [5.74, 6) is 0.156. The van der Waals surface area contributed by atoms with Gasteiger partial charge >= 0.3 is 5.69 Å². The van der Waals surface area contributed by atoms with Crippen LogP contribution in [0.3, 0.4) is 0 Å². The Morgan fingerprint density at radius 3 is 2.48 bits per heavy atom. The van der Waals surface area contributed by atoms with E-state index in [4.69, 9.17) is 0 Å². The quantitative estimate of drug-likeness (QED) is 0.819. The largest absolute Gasteiger partial charge is 0.344 e. The predicted molar refractivity (Wildman–Crippen MR) is 106 cm³/mol. The Bertz CT molecular complexity index is 1130. The summed E-state index contributed by atoms with van der Waals surface area (Å²) >= 11 is 1.55. The van der Waals surface area contributed by atoms with Crippen molar-refractivity contribution in [1.29, 1.82) is 0 Å². The number of rotatable bonds is 1. The first-order valence-electron chi connectivity index (χ1n) is 8.99. The van der Waals surface area contributed by atoms with Gasteiger partial charge in [0.15, 0.2) is 5.78 Å². The highest BCUT2D eigenvalue weighted by Gasteiger charge is 2.43. The lowest BCUT2D eigenvalue weighted by Crippen LogP contribution is -2.45. The lowest BCUT2D eigenvalue weighted by molar-refractivity contribution is -0.118. The van der Waals surface area contributed by atoms with Crippen molar-refractivity contribution in [3.05, 3.63) is 59.6 Å². The van der Waals surface area contributed by atoms with Crippen LogP contribution >= 0.6 is 11.3 Å². The second-order valence-corrected chi connectivity index (χ2v) is 9.27. The van der Waals surface area contributed by atoms with E-state index in [1.54, 1.807) is 18.4 Å². The maximum absolute atomic E-state index is 13.1. The van der Waals surface area contributed by atoms with Crippen molar-refractivity contribution in [3.63, 3.8) is 0 Å². The van der Waals surface area contributed by atoms with Crippen molar-refractivity contribution < 1.29 is 4.79 Å². The highest BCUT2D eigenvalue weighted by molar-refractivity contribution is 7.10. The Balaban J connectivity index is 2.10. The summed E-state index contributed by atoms with van der Waals surface area (Å²) in [4.78, 5) is 39.7. The molecule has 0 saturated carbocycles. The first-order valence-corrected chi connectivity index (χ1v) is 9.87. The number of hydrogen-bond acceptors (Lipinski definition) is 5. The molecule has 0 radical (unpaired) electrons. The lowest BCUT2D eigenvalue weighted by Gasteiger charge is -2.39. The maximum Gasteiger partial charge on any atom is 0.332 e. The number of allylic oxidation sites excluding steroid dienone is 2. The standard InChI is InChI=1S/C20H23N3O3S/c1-10-6-7-27-16(10)14-13-11(8-20(2,3)9-12(13)24)21-17-15(14)18(25)23(5)19(26)22(17)4/h6-7,14,21H,8-9H2,1-5H3. The van der Waals surface area contributed by atoms with Gasteiger partial charge in [0, 0.05) is 36.7 Å². The SMILES string of the molecule is Cc1ccsc1C1C2=C(CC(C)(C)CC2=O)Nc2c1c(=O)n(C)c(=O)n2C. The second-order valence-electron chi connectivity index (χ2n) is 8.33. The molecular formula is C20H23N3O3S. The second kappa shape index (κ2) is 5.79. The van der Waals surface area contributed by atoms with Crippen molar-refractivity contribution >= 4 is 22.9 Å². The van der Waals surface area contributed by atoms with Gasteiger partial charge in [0.1, 0.15) is 5.82 Å². The molecule has 142 valence electrons. The third-order valence-corrected chi connectivity index (χ3v) is 6.71. The molecule has 6 nitrogen and oxygen atoms in total. The molecule has 1 N–H and O–H groups in total. The molecule has 0 amide bonds. The molecule has 0 spiro atoms. The molecule has 1 aliphatic carbocycles. The maximum atomic E-state index is 13.1. The van der Waals surface area contributed by atoms with Crippen molar-refractivity contribution in [2.24, 2.45) is 19.5 Å². The van der Waals surface area contributed by atoms with Crippen LogP contribution in [0.1, 0.15) is 48.6 Å². The van der Waals surface area contributed by atoms with Crippen LogP contribution in [0.5, 0.6) is 0 Å². The summed E-state index contributed by atoms with van der Waals surface area (Å²) in [7, 11) is 3.15. The first kappa shape index (κ1) is 18.0. The molecule has 0 bridgehead atoms. The number of carbonyl (C=O) groups is 1. The van der Waals surface area contributed by atoms with Gasteiger partial charge in [-0.3, -0.25) is 18.7 Å². The number of aromatic nitrogens is 2. The van der Waals surface area contributed by atoms with E-state index in [1.165, 1.54) is 11.6 Å². The summed E-state index contributed by atoms with van der Waals surface area (Å²) in [5.41, 5.74) is 2.18. The van der Waals surface area contributed by atoms with E-state index in [1.807, 2.05) is 18.4 Å². The molecule has 4 rings (SSSR count). The van der Waals surface area contributed by atoms with Crippen molar-refractivity contribution in [2.45, 2.75) is 39.5 Å². The van der Waals surface area contributed by atoms with Gasteiger partial charge in [0.2, 0.25) is 0 Å². The fourth-order valence-electron chi connectivity index (χ4n) is 4.29. The van der Waals surface area contributed by atoms with Crippen LogP contribution in [0, 0.1) is 12.3 Å². The average molecular weight is 385 g/mol. The topological polar surface area (TPSA) is 73.1 Å². The first-order chi connectivity index (χ1) is 12.6. The van der Waals surface area contributed by atoms with Crippen LogP contribution in [0.15, 0.2) is 32.3 Å². The summed E-state index contributed by atoms with van der Waals surface area (Å²) in [5, 5.41) is 5.27. The minimum absolute atomic E-state index is 0.0770. The van der Waals surface area contributed by atoms with Gasteiger partial charge in [-0.15, -0.1) is 11.3 Å². The van der Waals surface area contributed by atoms with Crippen molar-refractivity contribution in [3.8, 4) is 0 Å². The van der Waals surface area contributed by atoms with Gasteiger partial charge in [-0.2, -0.15) is 0 Å². The third-order valence-electron chi connectivity index (χ3n) is 5.63. The Labute approximate surface area is 161 Å². The van der Waals surface area contributed by atoms with Gasteiger partial charge in [0.05, 0.1) is 11.5 Å². The number of ketones is 1. The molecule has 2 aromatic rings. The fourth-order valence-corrected chi connectivity index (χ4v) is 5.34. The van der Waals surface area contributed by atoms with Crippen molar-refractivity contribution in [1.82, 2.24) is 9.13 Å². The van der Waals surface area contributed by atoms with E-state index in [2.05, 4.69) is 19.2 Å². The summed E-state index contributed by atoms with van der Waals surface area (Å²) in [6.45, 7) is 6.14. The number of carbonyl (C=O) groups excluding carboxylic acids is 1. The zero-order valence-corrected chi connectivity index (χ0v) is 17.0. The number of nitrogens with zero attached hydrogens (tertiary/aromatic N) is 2. The Morgan fingerprint density at radius 2 is 1.85 bits per heavy atom. The van der Waals surface area contributed by atoms with Gasteiger partial charge < -0.3 is 5.32 Å². The summed E-state index contributed by atoms with van der Waals surface area (Å²) < 4.78 is 2.60. The van der Waals surface area contributed by atoms with E-state index in [0.717, 1.165) is 20.7 Å². The Kier molecular flexibility index (Phi) is 3.86. The molecule has 0 saturated heterocycles. The molecule has 1 atom stereocenters. The summed E-state index contributed by atoms with van der Waals surface area (Å²) in [6.07, 6.45) is 1.16. The molecule has 2 aromatic heterocycles. The molecule has 0 fully saturated rings. The third kappa shape index (κ3) is 2.56. The molecule has 1 unspecified atom stereocenters. The average Bonchev–Trinajstić information content (AvgIpc) is 3.01. The molecule has 27 heavy (non-hydrogen) atoms. The van der Waals surface area contributed by atoms with E-state index < -0.39 is 5.92 Å². The van der Waals surface area contributed by atoms with E-state index >= 15 is 0 Å². The number of nitrogens with one attached hydrogen (secondary N) is 1. The minimum Gasteiger partial charge on any atom is -0.344 e. The van der Waals surface area contributed by atoms with Crippen LogP contribution < -0.4 is 16.6 Å². The molecule has 2 aliphatic rings. The number of Topliss-reactive ketones (excluding diaryl/α,β-unsaturated/α-hetero) is 1. The monoisotopic (exact) mass is 385 g/mol. The number of fused-ring (bicyclic) bond motifs is 1. The van der Waals surface area contributed by atoms with Gasteiger partial charge in [-0.05, 0) is 35.8 Å². The van der Waals surface area contributed by atoms with Crippen LogP contribution in [-0.4, -0.2) is 14.9 Å². The van der Waals surface area contributed by atoms with Crippen molar-refractivity contribution in [2.75, 3.05) is 5.32 Å².